The highest BCUT2D eigenvalue weighted by Gasteiger charge is 2.38. The number of ether oxygens (including phenoxy) is 2. The van der Waals surface area contributed by atoms with Crippen molar-refractivity contribution >= 4 is 18.2 Å². The number of esters is 1. The summed E-state index contributed by atoms with van der Waals surface area (Å²) in [5.74, 6) is -1.03. The van der Waals surface area contributed by atoms with Crippen LogP contribution in [0, 0.1) is 6.92 Å². The molecule has 1 amide bonds. The fourth-order valence-corrected chi connectivity index (χ4v) is 2.74. The van der Waals surface area contributed by atoms with Gasteiger partial charge in [-0.2, -0.15) is 0 Å². The second kappa shape index (κ2) is 6.40. The molecular weight excluding hydrogens is 298 g/mol. The van der Waals surface area contributed by atoms with E-state index in [2.05, 4.69) is 10.1 Å². The van der Waals surface area contributed by atoms with Gasteiger partial charge in [0.25, 0.3) is 0 Å². The third kappa shape index (κ3) is 3.70. The van der Waals surface area contributed by atoms with Crippen LogP contribution in [0.4, 0.5) is 0 Å². The molecule has 1 N–H and O–H groups in total. The number of hydrogen-bond donors (Lipinski definition) is 1. The molecule has 0 bridgehead atoms. The highest BCUT2D eigenvalue weighted by Crippen LogP contribution is 2.41. The number of carbonyl (C=O) groups excluding carboxylic acids is 3. The Morgan fingerprint density at radius 3 is 2.74 bits per heavy atom. The predicted molar refractivity (Wildman–Crippen MR) is 83.3 cm³/mol. The quantitative estimate of drug-likeness (QED) is 0.517. The topological polar surface area (TPSA) is 81.7 Å². The maximum absolute atomic E-state index is 12.6. The molecule has 1 aromatic rings. The zero-order valence-electron chi connectivity index (χ0n) is 13.7. The van der Waals surface area contributed by atoms with Gasteiger partial charge in [-0.3, -0.25) is 4.79 Å². The Bertz CT molecular complexity index is 638. The zero-order chi connectivity index (χ0) is 17.2. The smallest absolute Gasteiger partial charge is 0.335 e. The lowest BCUT2D eigenvalue weighted by molar-refractivity contribution is -0.146. The number of rotatable bonds is 4. The van der Waals surface area contributed by atoms with Crippen molar-refractivity contribution in [2.24, 2.45) is 0 Å². The van der Waals surface area contributed by atoms with Crippen molar-refractivity contribution in [2.75, 3.05) is 7.11 Å². The van der Waals surface area contributed by atoms with Crippen LogP contribution in [0.15, 0.2) is 18.2 Å². The van der Waals surface area contributed by atoms with Crippen LogP contribution in [0.3, 0.4) is 0 Å². The second-order valence-corrected chi connectivity index (χ2v) is 6.31. The van der Waals surface area contributed by atoms with Gasteiger partial charge in [-0.1, -0.05) is 17.7 Å². The van der Waals surface area contributed by atoms with E-state index in [1.54, 1.807) is 0 Å². The molecule has 6 heteroatoms. The van der Waals surface area contributed by atoms with E-state index in [1.165, 1.54) is 7.11 Å². The van der Waals surface area contributed by atoms with E-state index in [-0.39, 0.29) is 0 Å². The van der Waals surface area contributed by atoms with Gasteiger partial charge in [0.05, 0.1) is 13.0 Å². The number of fused-ring (bicyclic) bond motifs is 1. The number of carbonyl (C=O) groups is 3. The molecule has 1 heterocycles. The number of nitrogens with one attached hydrogen (secondary N) is 1. The van der Waals surface area contributed by atoms with Crippen molar-refractivity contribution in [1.82, 2.24) is 5.32 Å². The van der Waals surface area contributed by atoms with Crippen molar-refractivity contribution in [3.8, 4) is 5.75 Å². The number of aryl methyl sites for hydroxylation is 1. The first-order chi connectivity index (χ1) is 10.8. The third-order valence-electron chi connectivity index (χ3n) is 3.83. The number of hydrogen-bond acceptors (Lipinski definition) is 5. The van der Waals surface area contributed by atoms with Gasteiger partial charge in [-0.25, -0.2) is 4.79 Å². The van der Waals surface area contributed by atoms with Crippen LogP contribution in [0.2, 0.25) is 0 Å². The summed E-state index contributed by atoms with van der Waals surface area (Å²) in [5.41, 5.74) is 1.24. The summed E-state index contributed by atoms with van der Waals surface area (Å²) in [6.07, 6.45) is 0.813. The molecule has 1 aromatic carbocycles. The summed E-state index contributed by atoms with van der Waals surface area (Å²) in [7, 11) is 1.17. The Labute approximate surface area is 135 Å². The van der Waals surface area contributed by atoms with Crippen molar-refractivity contribution in [3.63, 3.8) is 0 Å². The lowest BCUT2D eigenvalue weighted by Crippen LogP contribution is -2.47. The molecule has 2 unspecified atom stereocenters. The standard InChI is InChI=1S/C17H21NO5/c1-10-5-6-14-11(7-10)12(8-17(2,3)23-14)15(20)18-13(9-19)16(21)22-4/h5-7,9,12-13H,8H2,1-4H3,(H,18,20). The molecule has 23 heavy (non-hydrogen) atoms. The van der Waals surface area contributed by atoms with Crippen LogP contribution in [-0.2, 0) is 19.1 Å². The molecule has 124 valence electrons. The minimum absolute atomic E-state index is 0.366. The molecule has 0 fully saturated rings. The minimum Gasteiger partial charge on any atom is -0.488 e. The van der Waals surface area contributed by atoms with E-state index in [0.717, 1.165) is 11.1 Å². The predicted octanol–water partition coefficient (Wildman–Crippen LogP) is 1.50. The Morgan fingerprint density at radius 1 is 1.43 bits per heavy atom. The SMILES string of the molecule is COC(=O)C(C=O)NC(=O)C1CC(C)(C)Oc2ccc(C)cc21. The van der Waals surface area contributed by atoms with Crippen LogP contribution in [-0.4, -0.2) is 36.9 Å². The molecule has 0 saturated heterocycles. The van der Waals surface area contributed by atoms with Crippen LogP contribution in [0.25, 0.3) is 0 Å². The second-order valence-electron chi connectivity index (χ2n) is 6.31. The van der Waals surface area contributed by atoms with Gasteiger partial charge in [-0.15, -0.1) is 0 Å². The molecule has 2 atom stereocenters. The van der Waals surface area contributed by atoms with E-state index < -0.39 is 29.4 Å². The molecule has 6 nitrogen and oxygen atoms in total. The molecule has 0 radical (unpaired) electrons. The Morgan fingerprint density at radius 2 is 2.13 bits per heavy atom. The molecular formula is C17H21NO5. The Balaban J connectivity index is 2.31. The van der Waals surface area contributed by atoms with E-state index in [4.69, 9.17) is 4.74 Å². The maximum atomic E-state index is 12.6. The average Bonchev–Trinajstić information content (AvgIpc) is 2.50. The fraction of sp³-hybridized carbons (Fsp3) is 0.471. The van der Waals surface area contributed by atoms with E-state index in [9.17, 15) is 14.4 Å². The molecule has 1 aliphatic heterocycles. The first-order valence-corrected chi connectivity index (χ1v) is 7.40. The number of methoxy groups -OCH3 is 1. The summed E-state index contributed by atoms with van der Waals surface area (Å²) < 4.78 is 10.4. The zero-order valence-corrected chi connectivity index (χ0v) is 13.7. The summed E-state index contributed by atoms with van der Waals surface area (Å²) in [4.78, 5) is 35.1. The monoisotopic (exact) mass is 319 g/mol. The lowest BCUT2D eigenvalue weighted by Gasteiger charge is -2.37. The molecule has 0 aromatic heterocycles. The maximum Gasteiger partial charge on any atom is 0.335 e. The summed E-state index contributed by atoms with van der Waals surface area (Å²) >= 11 is 0. The summed E-state index contributed by atoms with van der Waals surface area (Å²) in [6, 6.07) is 4.34. The van der Waals surface area contributed by atoms with E-state index in [0.29, 0.717) is 18.5 Å². The Hall–Kier alpha value is -2.37. The average molecular weight is 319 g/mol. The molecule has 0 spiro atoms. The van der Waals surface area contributed by atoms with Gasteiger partial charge in [0, 0.05) is 12.0 Å². The van der Waals surface area contributed by atoms with Gasteiger partial charge in [0.15, 0.2) is 12.3 Å². The van der Waals surface area contributed by atoms with E-state index >= 15 is 0 Å². The van der Waals surface area contributed by atoms with Crippen molar-refractivity contribution in [3.05, 3.63) is 29.3 Å². The third-order valence-corrected chi connectivity index (χ3v) is 3.83. The number of benzene rings is 1. The van der Waals surface area contributed by atoms with Gasteiger partial charge in [0.2, 0.25) is 5.91 Å². The molecule has 0 saturated carbocycles. The van der Waals surface area contributed by atoms with Crippen LogP contribution < -0.4 is 10.1 Å². The summed E-state index contributed by atoms with van der Waals surface area (Å²) in [6.45, 7) is 5.72. The van der Waals surface area contributed by atoms with Crippen molar-refractivity contribution in [2.45, 2.75) is 44.8 Å². The van der Waals surface area contributed by atoms with Crippen molar-refractivity contribution in [1.29, 1.82) is 0 Å². The van der Waals surface area contributed by atoms with Crippen LogP contribution in [0.5, 0.6) is 5.75 Å². The minimum atomic E-state index is -1.30. The number of amides is 1. The molecule has 1 aliphatic rings. The first-order valence-electron chi connectivity index (χ1n) is 7.40. The largest absolute Gasteiger partial charge is 0.488 e. The normalized spacial score (nSPS) is 19.7. The molecule has 2 rings (SSSR count). The first kappa shape index (κ1) is 17.0. The van der Waals surface area contributed by atoms with E-state index in [1.807, 2.05) is 39.0 Å². The van der Waals surface area contributed by atoms with Gasteiger partial charge >= 0.3 is 5.97 Å². The highest BCUT2D eigenvalue weighted by molar-refractivity contribution is 5.98. The van der Waals surface area contributed by atoms with Gasteiger partial charge in [-0.05, 0) is 26.8 Å². The van der Waals surface area contributed by atoms with Crippen LogP contribution in [0.1, 0.15) is 37.3 Å². The van der Waals surface area contributed by atoms with Gasteiger partial charge < -0.3 is 19.6 Å². The van der Waals surface area contributed by atoms with Crippen LogP contribution >= 0.6 is 0 Å². The number of aldehydes is 1. The van der Waals surface area contributed by atoms with Gasteiger partial charge in [0.1, 0.15) is 11.4 Å². The summed E-state index contributed by atoms with van der Waals surface area (Å²) in [5, 5.41) is 2.45. The highest BCUT2D eigenvalue weighted by atomic mass is 16.5. The lowest BCUT2D eigenvalue weighted by atomic mass is 9.83. The Kier molecular flexibility index (Phi) is 4.73. The van der Waals surface area contributed by atoms with Crippen molar-refractivity contribution < 1.29 is 23.9 Å². The molecule has 0 aliphatic carbocycles. The fourth-order valence-electron chi connectivity index (χ4n) is 2.74.